The SMILES string of the molecule is CNCC(Cc1cccc(F)c1F)c1ccccc1F. The van der Waals surface area contributed by atoms with Gasteiger partial charge in [0, 0.05) is 12.5 Å². The number of hydrogen-bond donors (Lipinski definition) is 1. The average molecular weight is 279 g/mol. The van der Waals surface area contributed by atoms with Crippen LogP contribution < -0.4 is 5.32 Å². The molecule has 20 heavy (non-hydrogen) atoms. The third-order valence-electron chi connectivity index (χ3n) is 3.29. The third-order valence-corrected chi connectivity index (χ3v) is 3.29. The summed E-state index contributed by atoms with van der Waals surface area (Å²) in [4.78, 5) is 0. The standard InChI is InChI=1S/C16H16F3N/c1-20-10-12(13-6-2-3-7-14(13)17)9-11-5-4-8-15(18)16(11)19/h2-8,12,20H,9-10H2,1H3. The van der Waals surface area contributed by atoms with E-state index in [9.17, 15) is 13.2 Å². The minimum atomic E-state index is -0.876. The Morgan fingerprint density at radius 3 is 2.35 bits per heavy atom. The summed E-state index contributed by atoms with van der Waals surface area (Å²) >= 11 is 0. The second kappa shape index (κ2) is 6.57. The van der Waals surface area contributed by atoms with Crippen molar-refractivity contribution in [2.75, 3.05) is 13.6 Å². The van der Waals surface area contributed by atoms with E-state index in [-0.39, 0.29) is 23.7 Å². The highest BCUT2D eigenvalue weighted by molar-refractivity contribution is 5.27. The van der Waals surface area contributed by atoms with E-state index in [0.717, 1.165) is 6.07 Å². The Hall–Kier alpha value is -1.81. The Balaban J connectivity index is 2.31. The molecule has 2 rings (SSSR count). The summed E-state index contributed by atoms with van der Waals surface area (Å²) in [5.41, 5.74) is 0.763. The maximum atomic E-state index is 13.9. The van der Waals surface area contributed by atoms with Gasteiger partial charge in [-0.15, -0.1) is 0 Å². The van der Waals surface area contributed by atoms with Crippen molar-refractivity contribution in [1.82, 2.24) is 5.32 Å². The molecule has 0 amide bonds. The van der Waals surface area contributed by atoms with Crippen molar-refractivity contribution < 1.29 is 13.2 Å². The third kappa shape index (κ3) is 3.20. The Bertz CT molecular complexity index is 584. The highest BCUT2D eigenvalue weighted by Crippen LogP contribution is 2.25. The maximum absolute atomic E-state index is 13.9. The van der Waals surface area contributed by atoms with Crippen LogP contribution >= 0.6 is 0 Å². The van der Waals surface area contributed by atoms with Crippen LogP contribution in [0.3, 0.4) is 0 Å². The summed E-state index contributed by atoms with van der Waals surface area (Å²) in [6, 6.07) is 10.5. The van der Waals surface area contributed by atoms with E-state index in [1.54, 1.807) is 25.2 Å². The predicted octanol–water partition coefficient (Wildman–Crippen LogP) is 3.65. The number of rotatable bonds is 5. The van der Waals surface area contributed by atoms with E-state index in [1.165, 1.54) is 18.2 Å². The number of nitrogens with one attached hydrogen (secondary N) is 1. The van der Waals surface area contributed by atoms with Gasteiger partial charge in [0.25, 0.3) is 0 Å². The first-order valence-corrected chi connectivity index (χ1v) is 6.45. The lowest BCUT2D eigenvalue weighted by molar-refractivity contribution is 0.488. The van der Waals surface area contributed by atoms with Crippen molar-refractivity contribution in [1.29, 1.82) is 0 Å². The quantitative estimate of drug-likeness (QED) is 0.881. The zero-order chi connectivity index (χ0) is 14.5. The zero-order valence-corrected chi connectivity index (χ0v) is 11.2. The smallest absolute Gasteiger partial charge is 0.162 e. The molecule has 106 valence electrons. The fraction of sp³-hybridized carbons (Fsp3) is 0.250. The van der Waals surface area contributed by atoms with Gasteiger partial charge in [0.1, 0.15) is 5.82 Å². The first-order chi connectivity index (χ1) is 9.63. The molecule has 0 aromatic heterocycles. The normalized spacial score (nSPS) is 12.4. The Labute approximate surface area is 116 Å². The Kier molecular flexibility index (Phi) is 4.79. The molecular weight excluding hydrogens is 263 g/mol. The van der Waals surface area contributed by atoms with Gasteiger partial charge in [-0.3, -0.25) is 0 Å². The number of halogens is 3. The van der Waals surface area contributed by atoms with Gasteiger partial charge >= 0.3 is 0 Å². The molecule has 1 N–H and O–H groups in total. The second-order valence-corrected chi connectivity index (χ2v) is 4.69. The average Bonchev–Trinajstić information content (AvgIpc) is 2.44. The van der Waals surface area contributed by atoms with Crippen LogP contribution in [0.2, 0.25) is 0 Å². The molecule has 2 aromatic carbocycles. The van der Waals surface area contributed by atoms with Crippen molar-refractivity contribution in [3.63, 3.8) is 0 Å². The number of benzene rings is 2. The molecule has 0 radical (unpaired) electrons. The molecule has 0 fully saturated rings. The van der Waals surface area contributed by atoms with Crippen LogP contribution in [0, 0.1) is 17.5 Å². The molecule has 0 heterocycles. The van der Waals surface area contributed by atoms with E-state index in [1.807, 2.05) is 0 Å². The summed E-state index contributed by atoms with van der Waals surface area (Å²) in [5, 5.41) is 2.96. The van der Waals surface area contributed by atoms with Crippen molar-refractivity contribution >= 4 is 0 Å². The van der Waals surface area contributed by atoms with Crippen LogP contribution in [0.1, 0.15) is 17.0 Å². The van der Waals surface area contributed by atoms with Crippen LogP contribution in [0.25, 0.3) is 0 Å². The van der Waals surface area contributed by atoms with E-state index in [2.05, 4.69) is 5.32 Å². The van der Waals surface area contributed by atoms with Crippen molar-refractivity contribution in [2.45, 2.75) is 12.3 Å². The summed E-state index contributed by atoms with van der Waals surface area (Å²) in [6.45, 7) is 0.483. The van der Waals surface area contributed by atoms with Crippen molar-refractivity contribution in [2.24, 2.45) is 0 Å². The molecule has 0 aliphatic heterocycles. The highest BCUT2D eigenvalue weighted by Gasteiger charge is 2.18. The zero-order valence-electron chi connectivity index (χ0n) is 11.2. The lowest BCUT2D eigenvalue weighted by Gasteiger charge is -2.18. The maximum Gasteiger partial charge on any atom is 0.162 e. The van der Waals surface area contributed by atoms with Crippen LogP contribution in [0.4, 0.5) is 13.2 Å². The van der Waals surface area contributed by atoms with E-state index < -0.39 is 11.6 Å². The van der Waals surface area contributed by atoms with Gasteiger partial charge in [-0.1, -0.05) is 30.3 Å². The molecule has 1 unspecified atom stereocenters. The first-order valence-electron chi connectivity index (χ1n) is 6.45. The van der Waals surface area contributed by atoms with Gasteiger partial charge in [0.15, 0.2) is 11.6 Å². The lowest BCUT2D eigenvalue weighted by atomic mass is 9.91. The Morgan fingerprint density at radius 1 is 0.950 bits per heavy atom. The number of likely N-dealkylation sites (N-methyl/N-ethyl adjacent to an activating group) is 1. The summed E-state index contributed by atoms with van der Waals surface area (Å²) < 4.78 is 40.8. The van der Waals surface area contributed by atoms with Crippen molar-refractivity contribution in [3.05, 3.63) is 71.0 Å². The van der Waals surface area contributed by atoms with Gasteiger partial charge in [0.05, 0.1) is 0 Å². The minimum Gasteiger partial charge on any atom is -0.319 e. The van der Waals surface area contributed by atoms with E-state index >= 15 is 0 Å². The molecule has 0 spiro atoms. The monoisotopic (exact) mass is 279 g/mol. The Morgan fingerprint density at radius 2 is 1.65 bits per heavy atom. The van der Waals surface area contributed by atoms with E-state index in [0.29, 0.717) is 12.1 Å². The van der Waals surface area contributed by atoms with Crippen LogP contribution in [0.5, 0.6) is 0 Å². The van der Waals surface area contributed by atoms with Crippen molar-refractivity contribution in [3.8, 4) is 0 Å². The largest absolute Gasteiger partial charge is 0.319 e. The van der Waals surface area contributed by atoms with Gasteiger partial charge in [-0.05, 0) is 36.7 Å². The topological polar surface area (TPSA) is 12.0 Å². The molecule has 0 bridgehead atoms. The predicted molar refractivity (Wildman–Crippen MR) is 73.1 cm³/mol. The molecular formula is C16H16F3N. The number of hydrogen-bond acceptors (Lipinski definition) is 1. The summed E-state index contributed by atoms with van der Waals surface area (Å²) in [5.74, 6) is -2.31. The minimum absolute atomic E-state index is 0.241. The second-order valence-electron chi connectivity index (χ2n) is 4.69. The van der Waals surface area contributed by atoms with Crippen LogP contribution in [0.15, 0.2) is 42.5 Å². The molecule has 0 aliphatic carbocycles. The molecule has 4 heteroatoms. The van der Waals surface area contributed by atoms with Gasteiger partial charge in [-0.25, -0.2) is 13.2 Å². The van der Waals surface area contributed by atoms with Crippen LogP contribution in [-0.2, 0) is 6.42 Å². The fourth-order valence-corrected chi connectivity index (χ4v) is 2.32. The molecule has 0 saturated carbocycles. The fourth-order valence-electron chi connectivity index (χ4n) is 2.32. The molecule has 0 saturated heterocycles. The van der Waals surface area contributed by atoms with Gasteiger partial charge < -0.3 is 5.32 Å². The first kappa shape index (κ1) is 14.6. The van der Waals surface area contributed by atoms with Crippen LogP contribution in [-0.4, -0.2) is 13.6 Å². The molecule has 2 aromatic rings. The lowest BCUT2D eigenvalue weighted by Crippen LogP contribution is -2.20. The van der Waals surface area contributed by atoms with Gasteiger partial charge in [0.2, 0.25) is 0 Å². The molecule has 1 nitrogen and oxygen atoms in total. The summed E-state index contributed by atoms with van der Waals surface area (Å²) in [6.07, 6.45) is 0.241. The van der Waals surface area contributed by atoms with E-state index in [4.69, 9.17) is 0 Å². The highest BCUT2D eigenvalue weighted by atomic mass is 19.2. The molecule has 1 atom stereocenters. The van der Waals surface area contributed by atoms with Gasteiger partial charge in [-0.2, -0.15) is 0 Å². The summed E-state index contributed by atoms with van der Waals surface area (Å²) in [7, 11) is 1.75. The molecule has 0 aliphatic rings.